The number of hydrogen-bond acceptors (Lipinski definition) is 6. The van der Waals surface area contributed by atoms with E-state index in [-0.39, 0.29) is 11.9 Å². The SMILES string of the molecule is Cc1cccc([C@@H](NC(=O)CN2CCN(c3ncccn3)CC2)C2CC2)n1. The third-order valence-corrected chi connectivity index (χ3v) is 5.21. The van der Waals surface area contributed by atoms with Crippen molar-refractivity contribution in [1.29, 1.82) is 0 Å². The molecule has 1 atom stereocenters. The second-order valence-electron chi connectivity index (χ2n) is 7.40. The van der Waals surface area contributed by atoms with Crippen LogP contribution in [0.5, 0.6) is 0 Å². The van der Waals surface area contributed by atoms with Gasteiger partial charge in [0.25, 0.3) is 0 Å². The number of carbonyl (C=O) groups excluding carboxylic acids is 1. The molecular formula is C20H26N6O. The minimum Gasteiger partial charge on any atom is -0.346 e. The highest BCUT2D eigenvalue weighted by molar-refractivity contribution is 5.78. The zero-order valence-electron chi connectivity index (χ0n) is 15.7. The van der Waals surface area contributed by atoms with Gasteiger partial charge in [0, 0.05) is 44.3 Å². The largest absolute Gasteiger partial charge is 0.346 e. The highest BCUT2D eigenvalue weighted by Gasteiger charge is 2.34. The monoisotopic (exact) mass is 366 g/mol. The molecule has 7 nitrogen and oxygen atoms in total. The molecule has 1 N–H and O–H groups in total. The number of hydrogen-bond donors (Lipinski definition) is 1. The molecular weight excluding hydrogens is 340 g/mol. The Bertz CT molecular complexity index is 771. The summed E-state index contributed by atoms with van der Waals surface area (Å²) in [4.78, 5) is 30.2. The summed E-state index contributed by atoms with van der Waals surface area (Å²) in [7, 11) is 0. The van der Waals surface area contributed by atoms with E-state index in [1.54, 1.807) is 12.4 Å². The van der Waals surface area contributed by atoms with E-state index >= 15 is 0 Å². The predicted molar refractivity (Wildman–Crippen MR) is 103 cm³/mol. The Morgan fingerprint density at radius 2 is 1.89 bits per heavy atom. The van der Waals surface area contributed by atoms with Gasteiger partial charge in [-0.15, -0.1) is 0 Å². The summed E-state index contributed by atoms with van der Waals surface area (Å²) in [5.74, 6) is 1.37. The van der Waals surface area contributed by atoms with Crippen LogP contribution in [0.3, 0.4) is 0 Å². The van der Waals surface area contributed by atoms with Gasteiger partial charge in [-0.2, -0.15) is 0 Å². The molecule has 7 heteroatoms. The minimum atomic E-state index is 0.0383. The number of aryl methyl sites for hydroxylation is 1. The van der Waals surface area contributed by atoms with Crippen LogP contribution in [-0.4, -0.2) is 58.5 Å². The van der Waals surface area contributed by atoms with E-state index in [0.29, 0.717) is 12.5 Å². The number of piperazine rings is 1. The maximum atomic E-state index is 12.6. The molecule has 0 bridgehead atoms. The molecule has 0 aromatic carbocycles. The highest BCUT2D eigenvalue weighted by atomic mass is 16.2. The lowest BCUT2D eigenvalue weighted by Crippen LogP contribution is -2.50. The van der Waals surface area contributed by atoms with Gasteiger partial charge >= 0.3 is 0 Å². The first kappa shape index (κ1) is 17.9. The van der Waals surface area contributed by atoms with Crippen LogP contribution in [0.15, 0.2) is 36.7 Å². The van der Waals surface area contributed by atoms with Crippen molar-refractivity contribution in [2.75, 3.05) is 37.6 Å². The van der Waals surface area contributed by atoms with Crippen LogP contribution in [0.25, 0.3) is 0 Å². The topological polar surface area (TPSA) is 74.2 Å². The van der Waals surface area contributed by atoms with Gasteiger partial charge in [0.15, 0.2) is 0 Å². The van der Waals surface area contributed by atoms with Gasteiger partial charge in [-0.05, 0) is 43.9 Å². The number of aromatic nitrogens is 3. The third-order valence-electron chi connectivity index (χ3n) is 5.21. The summed E-state index contributed by atoms with van der Waals surface area (Å²) in [5.41, 5.74) is 1.98. The fourth-order valence-electron chi connectivity index (χ4n) is 3.58. The Hall–Kier alpha value is -2.54. The number of pyridine rings is 1. The van der Waals surface area contributed by atoms with Crippen molar-refractivity contribution in [3.63, 3.8) is 0 Å². The number of carbonyl (C=O) groups is 1. The first-order valence-corrected chi connectivity index (χ1v) is 9.66. The van der Waals surface area contributed by atoms with E-state index in [2.05, 4.69) is 30.1 Å². The van der Waals surface area contributed by atoms with Crippen molar-refractivity contribution in [2.45, 2.75) is 25.8 Å². The Morgan fingerprint density at radius 3 is 2.56 bits per heavy atom. The molecule has 0 radical (unpaired) electrons. The number of nitrogens with zero attached hydrogens (tertiary/aromatic N) is 5. The van der Waals surface area contributed by atoms with Gasteiger partial charge in [-0.3, -0.25) is 14.7 Å². The molecule has 2 aromatic heterocycles. The van der Waals surface area contributed by atoms with E-state index in [9.17, 15) is 4.79 Å². The van der Waals surface area contributed by atoms with E-state index in [4.69, 9.17) is 0 Å². The molecule has 1 aliphatic carbocycles. The normalized spacial score (nSPS) is 18.9. The van der Waals surface area contributed by atoms with Gasteiger partial charge in [-0.1, -0.05) is 6.07 Å². The first-order chi connectivity index (χ1) is 13.2. The van der Waals surface area contributed by atoms with Gasteiger partial charge in [-0.25, -0.2) is 9.97 Å². The third kappa shape index (κ3) is 4.60. The molecule has 0 unspecified atom stereocenters. The van der Waals surface area contributed by atoms with Crippen LogP contribution in [0.4, 0.5) is 5.95 Å². The fourth-order valence-corrected chi connectivity index (χ4v) is 3.58. The molecule has 1 aliphatic heterocycles. The zero-order valence-corrected chi connectivity index (χ0v) is 15.7. The summed E-state index contributed by atoms with van der Waals surface area (Å²) >= 11 is 0. The van der Waals surface area contributed by atoms with Gasteiger partial charge in [0.1, 0.15) is 0 Å². The Labute approximate surface area is 159 Å². The van der Waals surface area contributed by atoms with Crippen LogP contribution in [0, 0.1) is 12.8 Å². The zero-order chi connectivity index (χ0) is 18.6. The molecule has 4 rings (SSSR count). The maximum absolute atomic E-state index is 12.6. The van der Waals surface area contributed by atoms with E-state index in [1.165, 1.54) is 0 Å². The summed E-state index contributed by atoms with van der Waals surface area (Å²) < 4.78 is 0. The summed E-state index contributed by atoms with van der Waals surface area (Å²) in [6, 6.07) is 7.89. The molecule has 142 valence electrons. The lowest BCUT2D eigenvalue weighted by atomic mass is 10.1. The Kier molecular flexibility index (Phi) is 5.29. The quantitative estimate of drug-likeness (QED) is 0.837. The van der Waals surface area contributed by atoms with Gasteiger partial charge < -0.3 is 10.2 Å². The van der Waals surface area contributed by atoms with Crippen molar-refractivity contribution in [2.24, 2.45) is 5.92 Å². The van der Waals surface area contributed by atoms with Crippen molar-refractivity contribution < 1.29 is 4.79 Å². The van der Waals surface area contributed by atoms with Crippen LogP contribution in [0.1, 0.15) is 30.3 Å². The lowest BCUT2D eigenvalue weighted by Gasteiger charge is -2.34. The predicted octanol–water partition coefficient (Wildman–Crippen LogP) is 1.57. The fraction of sp³-hybridized carbons (Fsp3) is 0.500. The van der Waals surface area contributed by atoms with Crippen LogP contribution >= 0.6 is 0 Å². The number of anilines is 1. The standard InChI is InChI=1S/C20H26N6O/c1-15-4-2-5-17(23-15)19(16-6-7-16)24-18(27)14-25-10-12-26(13-11-25)20-21-8-3-9-22-20/h2-5,8-9,16,19H,6-7,10-14H2,1H3,(H,24,27)/t19-/m0/s1. The smallest absolute Gasteiger partial charge is 0.234 e. The van der Waals surface area contributed by atoms with Crippen molar-refractivity contribution in [3.05, 3.63) is 48.0 Å². The maximum Gasteiger partial charge on any atom is 0.234 e. The number of rotatable bonds is 6. The van der Waals surface area contributed by atoms with Crippen LogP contribution < -0.4 is 10.2 Å². The van der Waals surface area contributed by atoms with Crippen molar-refractivity contribution >= 4 is 11.9 Å². The highest BCUT2D eigenvalue weighted by Crippen LogP contribution is 2.40. The molecule has 1 amide bonds. The second kappa shape index (κ2) is 8.00. The second-order valence-corrected chi connectivity index (χ2v) is 7.40. The molecule has 1 saturated heterocycles. The molecule has 27 heavy (non-hydrogen) atoms. The molecule has 2 fully saturated rings. The minimum absolute atomic E-state index is 0.0383. The van der Waals surface area contributed by atoms with E-state index in [0.717, 1.165) is 56.4 Å². The van der Waals surface area contributed by atoms with Gasteiger partial charge in [0.05, 0.1) is 18.3 Å². The van der Waals surface area contributed by atoms with E-state index in [1.807, 2.05) is 31.2 Å². The molecule has 2 aliphatic rings. The number of amides is 1. The van der Waals surface area contributed by atoms with Crippen LogP contribution in [-0.2, 0) is 4.79 Å². The summed E-state index contributed by atoms with van der Waals surface area (Å²) in [6.45, 7) is 5.76. The summed E-state index contributed by atoms with van der Waals surface area (Å²) in [6.07, 6.45) is 5.85. The van der Waals surface area contributed by atoms with E-state index < -0.39 is 0 Å². The Morgan fingerprint density at radius 1 is 1.15 bits per heavy atom. The first-order valence-electron chi connectivity index (χ1n) is 9.66. The lowest BCUT2D eigenvalue weighted by molar-refractivity contribution is -0.123. The summed E-state index contributed by atoms with van der Waals surface area (Å²) in [5, 5.41) is 3.23. The van der Waals surface area contributed by atoms with Crippen molar-refractivity contribution in [3.8, 4) is 0 Å². The molecule has 1 saturated carbocycles. The number of nitrogens with one attached hydrogen (secondary N) is 1. The van der Waals surface area contributed by atoms with Gasteiger partial charge in [0.2, 0.25) is 11.9 Å². The van der Waals surface area contributed by atoms with Crippen molar-refractivity contribution in [1.82, 2.24) is 25.2 Å². The molecule has 0 spiro atoms. The van der Waals surface area contributed by atoms with Crippen LogP contribution in [0.2, 0.25) is 0 Å². The Balaban J connectivity index is 1.30. The average molecular weight is 366 g/mol. The average Bonchev–Trinajstić information content (AvgIpc) is 3.52. The molecule has 2 aromatic rings. The molecule has 3 heterocycles.